The first-order valence-corrected chi connectivity index (χ1v) is 5.34. The second kappa shape index (κ2) is 5.62. The molecule has 0 aliphatic carbocycles. The number of nitrogens with one attached hydrogen (secondary N) is 1. The molecule has 0 radical (unpaired) electrons. The van der Waals surface area contributed by atoms with Gasteiger partial charge in [0.2, 0.25) is 5.91 Å². The number of urea groups is 1. The van der Waals surface area contributed by atoms with Crippen LogP contribution in [0.25, 0.3) is 0 Å². The van der Waals surface area contributed by atoms with Crippen molar-refractivity contribution >= 4 is 11.9 Å². The Morgan fingerprint density at radius 2 is 1.93 bits per heavy atom. The summed E-state index contributed by atoms with van der Waals surface area (Å²) in [6, 6.07) is -0.231. The lowest BCUT2D eigenvalue weighted by Gasteiger charge is -2.11. The molecule has 1 N–H and O–H groups in total. The van der Waals surface area contributed by atoms with Crippen molar-refractivity contribution in [1.29, 1.82) is 0 Å². The fraction of sp³-hybridized carbons (Fsp3) is 0.800. The molecule has 4 heteroatoms. The number of nitrogens with zero attached hydrogens (tertiary/aromatic N) is 1. The van der Waals surface area contributed by atoms with E-state index in [2.05, 4.69) is 12.2 Å². The summed E-state index contributed by atoms with van der Waals surface area (Å²) in [5.74, 6) is -0.0921. The molecule has 0 bridgehead atoms. The van der Waals surface area contributed by atoms with E-state index in [1.54, 1.807) is 0 Å². The summed E-state index contributed by atoms with van der Waals surface area (Å²) in [6.07, 6.45) is 5.67. The molecule has 14 heavy (non-hydrogen) atoms. The molecule has 1 fully saturated rings. The lowest BCUT2D eigenvalue weighted by Crippen LogP contribution is -2.31. The summed E-state index contributed by atoms with van der Waals surface area (Å²) in [5, 5.41) is 2.51. The normalized spacial score (nSPS) is 16.2. The summed E-state index contributed by atoms with van der Waals surface area (Å²) >= 11 is 0. The van der Waals surface area contributed by atoms with Crippen molar-refractivity contribution in [3.8, 4) is 0 Å². The average Bonchev–Trinajstić information content (AvgIpc) is 2.48. The fourth-order valence-corrected chi connectivity index (χ4v) is 1.56. The molecule has 0 unspecified atom stereocenters. The van der Waals surface area contributed by atoms with E-state index in [-0.39, 0.29) is 18.5 Å². The van der Waals surface area contributed by atoms with Gasteiger partial charge in [-0.15, -0.1) is 0 Å². The van der Waals surface area contributed by atoms with Gasteiger partial charge in [-0.1, -0.05) is 32.6 Å². The topological polar surface area (TPSA) is 49.4 Å². The van der Waals surface area contributed by atoms with Crippen molar-refractivity contribution in [3.63, 3.8) is 0 Å². The number of imide groups is 1. The first kappa shape index (κ1) is 11.0. The highest BCUT2D eigenvalue weighted by atomic mass is 16.2. The summed E-state index contributed by atoms with van der Waals surface area (Å²) in [7, 11) is 0. The smallest absolute Gasteiger partial charge is 0.324 e. The minimum atomic E-state index is -0.231. The monoisotopic (exact) mass is 198 g/mol. The molecule has 1 saturated heterocycles. The van der Waals surface area contributed by atoms with Gasteiger partial charge in [0.15, 0.2) is 0 Å². The average molecular weight is 198 g/mol. The number of hydrogen-bond acceptors (Lipinski definition) is 2. The van der Waals surface area contributed by atoms with E-state index in [0.29, 0.717) is 6.54 Å². The van der Waals surface area contributed by atoms with Gasteiger partial charge in [0.25, 0.3) is 0 Å². The zero-order chi connectivity index (χ0) is 10.4. The van der Waals surface area contributed by atoms with Crippen LogP contribution in [0.3, 0.4) is 0 Å². The Hall–Kier alpha value is -1.06. The lowest BCUT2D eigenvalue weighted by atomic mass is 10.1. The molecule has 0 saturated carbocycles. The largest absolute Gasteiger partial charge is 0.329 e. The highest BCUT2D eigenvalue weighted by Crippen LogP contribution is 2.06. The molecule has 1 aliphatic heterocycles. The maximum Gasteiger partial charge on any atom is 0.324 e. The molecule has 80 valence electrons. The van der Waals surface area contributed by atoms with Crippen molar-refractivity contribution in [3.05, 3.63) is 0 Å². The van der Waals surface area contributed by atoms with Crippen LogP contribution < -0.4 is 5.32 Å². The van der Waals surface area contributed by atoms with E-state index >= 15 is 0 Å². The third-order valence-corrected chi connectivity index (χ3v) is 2.42. The third kappa shape index (κ3) is 3.01. The van der Waals surface area contributed by atoms with Gasteiger partial charge >= 0.3 is 6.03 Å². The molecule has 0 spiro atoms. The van der Waals surface area contributed by atoms with E-state index in [4.69, 9.17) is 0 Å². The molecule has 0 atom stereocenters. The molecule has 3 amide bonds. The third-order valence-electron chi connectivity index (χ3n) is 2.42. The Morgan fingerprint density at radius 1 is 1.21 bits per heavy atom. The van der Waals surface area contributed by atoms with Crippen LogP contribution in [0.15, 0.2) is 0 Å². The predicted octanol–water partition coefficient (Wildman–Crippen LogP) is 1.51. The maximum absolute atomic E-state index is 11.1. The zero-order valence-electron chi connectivity index (χ0n) is 8.71. The van der Waals surface area contributed by atoms with E-state index in [1.807, 2.05) is 0 Å². The quantitative estimate of drug-likeness (QED) is 0.519. The molecule has 0 aromatic rings. The van der Waals surface area contributed by atoms with Gasteiger partial charge in [-0.2, -0.15) is 0 Å². The Balaban J connectivity index is 2.11. The summed E-state index contributed by atoms with van der Waals surface area (Å²) < 4.78 is 0. The number of rotatable bonds is 6. The van der Waals surface area contributed by atoms with Crippen molar-refractivity contribution in [1.82, 2.24) is 10.2 Å². The minimum absolute atomic E-state index is 0.0921. The van der Waals surface area contributed by atoms with E-state index in [0.717, 1.165) is 12.8 Å². The summed E-state index contributed by atoms with van der Waals surface area (Å²) in [5.41, 5.74) is 0. The predicted molar refractivity (Wildman–Crippen MR) is 53.9 cm³/mol. The molecule has 1 rings (SSSR count). The molecule has 1 aliphatic rings. The van der Waals surface area contributed by atoms with Crippen LogP contribution >= 0.6 is 0 Å². The van der Waals surface area contributed by atoms with Gasteiger partial charge in [0.1, 0.15) is 0 Å². The second-order valence-electron chi connectivity index (χ2n) is 3.62. The van der Waals surface area contributed by atoms with Crippen LogP contribution in [0.5, 0.6) is 0 Å². The van der Waals surface area contributed by atoms with Gasteiger partial charge < -0.3 is 5.32 Å². The highest BCUT2D eigenvalue weighted by molar-refractivity contribution is 6.01. The Bertz CT molecular complexity index is 200. The van der Waals surface area contributed by atoms with Crippen LogP contribution in [0.2, 0.25) is 0 Å². The fourth-order valence-electron chi connectivity index (χ4n) is 1.56. The van der Waals surface area contributed by atoms with Crippen molar-refractivity contribution in [2.24, 2.45) is 0 Å². The molecule has 0 aromatic heterocycles. The highest BCUT2D eigenvalue weighted by Gasteiger charge is 2.27. The van der Waals surface area contributed by atoms with Crippen LogP contribution in [-0.2, 0) is 4.79 Å². The Kier molecular flexibility index (Phi) is 4.43. The van der Waals surface area contributed by atoms with Gasteiger partial charge in [-0.3, -0.25) is 9.69 Å². The first-order valence-electron chi connectivity index (χ1n) is 5.34. The number of carbonyl (C=O) groups is 2. The van der Waals surface area contributed by atoms with Gasteiger partial charge in [0, 0.05) is 6.54 Å². The molecule has 4 nitrogen and oxygen atoms in total. The van der Waals surface area contributed by atoms with Crippen molar-refractivity contribution in [2.45, 2.75) is 39.0 Å². The molecular formula is C10H18N2O2. The Morgan fingerprint density at radius 3 is 2.50 bits per heavy atom. The van der Waals surface area contributed by atoms with Crippen LogP contribution in [0, 0.1) is 0 Å². The van der Waals surface area contributed by atoms with Crippen molar-refractivity contribution < 1.29 is 9.59 Å². The number of amides is 3. The van der Waals surface area contributed by atoms with Gasteiger partial charge in [-0.25, -0.2) is 4.79 Å². The Labute approximate surface area is 84.7 Å². The lowest BCUT2D eigenvalue weighted by molar-refractivity contribution is -0.125. The first-order chi connectivity index (χ1) is 6.75. The maximum atomic E-state index is 11.1. The van der Waals surface area contributed by atoms with Crippen LogP contribution in [-0.4, -0.2) is 29.9 Å². The molecule has 0 aromatic carbocycles. The number of hydrogen-bond donors (Lipinski definition) is 1. The van der Waals surface area contributed by atoms with Gasteiger partial charge in [-0.05, 0) is 6.42 Å². The minimum Gasteiger partial charge on any atom is -0.329 e. The van der Waals surface area contributed by atoms with E-state index in [9.17, 15) is 9.59 Å². The second-order valence-corrected chi connectivity index (χ2v) is 3.62. The van der Waals surface area contributed by atoms with E-state index < -0.39 is 0 Å². The molecular weight excluding hydrogens is 180 g/mol. The summed E-state index contributed by atoms with van der Waals surface area (Å²) in [6.45, 7) is 2.92. The van der Waals surface area contributed by atoms with Crippen LogP contribution in [0.1, 0.15) is 39.0 Å². The summed E-state index contributed by atoms with van der Waals surface area (Å²) in [4.78, 5) is 23.6. The standard InChI is InChI=1S/C10H18N2O2/c1-2-3-4-5-6-7-12-9(13)8-11-10(12)14/h2-8H2,1H3,(H,11,14). The van der Waals surface area contributed by atoms with Crippen molar-refractivity contribution in [2.75, 3.05) is 13.1 Å². The van der Waals surface area contributed by atoms with E-state index in [1.165, 1.54) is 24.2 Å². The van der Waals surface area contributed by atoms with Crippen LogP contribution in [0.4, 0.5) is 4.79 Å². The van der Waals surface area contributed by atoms with Gasteiger partial charge in [0.05, 0.1) is 6.54 Å². The SMILES string of the molecule is CCCCCCCN1C(=O)CNC1=O. The molecule has 1 heterocycles. The number of unbranched alkanes of at least 4 members (excludes halogenated alkanes) is 4. The zero-order valence-corrected chi connectivity index (χ0v) is 8.71. The number of carbonyl (C=O) groups excluding carboxylic acids is 2.